The first-order chi connectivity index (χ1) is 10.3. The number of hydrogen-bond acceptors (Lipinski definition) is 3. The molecule has 0 aliphatic carbocycles. The van der Waals surface area contributed by atoms with Gasteiger partial charge in [0.2, 0.25) is 5.91 Å². The molecule has 5 atom stereocenters. The first-order valence-corrected chi connectivity index (χ1v) is 7.68. The van der Waals surface area contributed by atoms with Crippen LogP contribution in [0.5, 0.6) is 0 Å². The number of carbonyl (C=O) groups is 1. The normalized spacial score (nSPS) is 31.5. The van der Waals surface area contributed by atoms with Gasteiger partial charge in [-0.2, -0.15) is 0 Å². The van der Waals surface area contributed by atoms with Crippen LogP contribution in [0.4, 0.5) is 0 Å². The lowest BCUT2D eigenvalue weighted by atomic mass is 9.88. The van der Waals surface area contributed by atoms with Crippen molar-refractivity contribution in [3.8, 4) is 0 Å². The molecule has 0 N–H and O–H groups in total. The number of amides is 1. The Morgan fingerprint density at radius 3 is 2.86 bits per heavy atom. The zero-order chi connectivity index (χ0) is 14.8. The average molecular weight is 305 g/mol. The highest BCUT2D eigenvalue weighted by molar-refractivity contribution is 7.09. The van der Waals surface area contributed by atoms with Gasteiger partial charge in [-0.1, -0.05) is 36.4 Å². The minimum atomic E-state index is -0.270. The molecule has 1 aromatic rings. The van der Waals surface area contributed by atoms with Crippen LogP contribution < -0.4 is 0 Å². The topological polar surface area (TPSA) is 38.8 Å². The summed E-state index contributed by atoms with van der Waals surface area (Å²) in [7, 11) is 2.24. The third kappa shape index (κ3) is 2.52. The van der Waals surface area contributed by atoms with Crippen molar-refractivity contribution in [1.29, 1.82) is 0 Å². The van der Waals surface area contributed by atoms with Crippen LogP contribution in [-0.2, 0) is 14.1 Å². The van der Waals surface area contributed by atoms with Crippen LogP contribution in [-0.4, -0.2) is 30.1 Å². The van der Waals surface area contributed by atoms with Crippen molar-refractivity contribution in [1.82, 2.24) is 4.90 Å². The van der Waals surface area contributed by atoms with E-state index in [1.165, 1.54) is 0 Å². The molecule has 1 aromatic carbocycles. The summed E-state index contributed by atoms with van der Waals surface area (Å²) in [4.78, 5) is 14.7. The molecule has 0 saturated carbocycles. The van der Waals surface area contributed by atoms with E-state index in [-0.39, 0.29) is 30.0 Å². The Hall–Kier alpha value is -1.22. The minimum absolute atomic E-state index is 0.0526. The number of ether oxygens (including phenoxy) is 1. The molecule has 2 fully saturated rings. The van der Waals surface area contributed by atoms with Gasteiger partial charge in [0.15, 0.2) is 6.23 Å². The first kappa shape index (κ1) is 14.7. The molecule has 0 aromatic heterocycles. The van der Waals surface area contributed by atoms with E-state index in [2.05, 4.69) is 16.0 Å². The largest absolute Gasteiger partial charge is 0.366 e. The molecule has 0 bridgehead atoms. The van der Waals surface area contributed by atoms with Crippen molar-refractivity contribution >= 4 is 15.4 Å². The Labute approximate surface area is 127 Å². The highest BCUT2D eigenvalue weighted by Gasteiger charge is 2.52. The Morgan fingerprint density at radius 2 is 2.19 bits per heavy atom. The van der Waals surface area contributed by atoms with Crippen LogP contribution in [0.2, 0.25) is 0 Å². The van der Waals surface area contributed by atoms with Gasteiger partial charge in [0, 0.05) is 26.9 Å². The van der Waals surface area contributed by atoms with Crippen LogP contribution in [0.25, 0.3) is 0 Å². The summed E-state index contributed by atoms with van der Waals surface area (Å²) in [6, 6.07) is 10.0. The SMILES string of the molecule is C=C[C@@H]1[C@@H](CCOP)C(=O)N2[C@H](c3ccccc3)OC[C@@H]12. The van der Waals surface area contributed by atoms with Crippen molar-refractivity contribution in [3.63, 3.8) is 0 Å². The van der Waals surface area contributed by atoms with Crippen molar-refractivity contribution in [2.75, 3.05) is 13.2 Å². The summed E-state index contributed by atoms with van der Waals surface area (Å²) in [5.41, 5.74) is 1.03. The van der Waals surface area contributed by atoms with Gasteiger partial charge in [-0.25, -0.2) is 0 Å². The predicted octanol–water partition coefficient (Wildman–Crippen LogP) is 2.54. The van der Waals surface area contributed by atoms with E-state index in [4.69, 9.17) is 9.26 Å². The van der Waals surface area contributed by atoms with Crippen molar-refractivity contribution in [2.24, 2.45) is 11.8 Å². The van der Waals surface area contributed by atoms with E-state index in [1.54, 1.807) is 0 Å². The van der Waals surface area contributed by atoms with E-state index in [9.17, 15) is 4.79 Å². The van der Waals surface area contributed by atoms with Crippen molar-refractivity contribution in [3.05, 3.63) is 48.6 Å². The minimum Gasteiger partial charge on any atom is -0.366 e. The first-order valence-electron chi connectivity index (χ1n) is 7.21. The maximum absolute atomic E-state index is 12.8. The van der Waals surface area contributed by atoms with Gasteiger partial charge in [-0.05, 0) is 6.42 Å². The third-order valence-electron chi connectivity index (χ3n) is 4.42. The quantitative estimate of drug-likeness (QED) is 0.620. The summed E-state index contributed by atoms with van der Waals surface area (Å²) in [6.07, 6.45) is 2.34. The van der Waals surface area contributed by atoms with Gasteiger partial charge in [0.05, 0.1) is 19.3 Å². The molecule has 0 spiro atoms. The molecule has 2 saturated heterocycles. The zero-order valence-electron chi connectivity index (χ0n) is 11.9. The molecule has 2 aliphatic heterocycles. The van der Waals surface area contributed by atoms with Crippen LogP contribution in [0, 0.1) is 11.8 Å². The molecule has 3 rings (SSSR count). The molecule has 1 unspecified atom stereocenters. The molecule has 0 radical (unpaired) electrons. The summed E-state index contributed by atoms with van der Waals surface area (Å²) < 4.78 is 10.9. The molecule has 2 heterocycles. The maximum Gasteiger partial charge on any atom is 0.229 e. The fourth-order valence-electron chi connectivity index (χ4n) is 3.43. The number of nitrogens with zero attached hydrogens (tertiary/aromatic N) is 1. The fraction of sp³-hybridized carbons (Fsp3) is 0.438. The fourth-order valence-corrected chi connectivity index (χ4v) is 3.57. The van der Waals surface area contributed by atoms with Gasteiger partial charge in [0.25, 0.3) is 0 Å². The van der Waals surface area contributed by atoms with E-state index in [0.29, 0.717) is 19.6 Å². The predicted molar refractivity (Wildman–Crippen MR) is 83.2 cm³/mol. The molecular weight excluding hydrogens is 285 g/mol. The molecule has 21 heavy (non-hydrogen) atoms. The molecule has 4 nitrogen and oxygen atoms in total. The average Bonchev–Trinajstić information content (AvgIpc) is 3.05. The number of carbonyl (C=O) groups excluding carboxylic acids is 1. The van der Waals surface area contributed by atoms with Gasteiger partial charge >= 0.3 is 0 Å². The van der Waals surface area contributed by atoms with Crippen LogP contribution in [0.1, 0.15) is 18.2 Å². The Balaban J connectivity index is 1.85. The van der Waals surface area contributed by atoms with E-state index in [1.807, 2.05) is 41.3 Å². The van der Waals surface area contributed by atoms with E-state index in [0.717, 1.165) is 5.56 Å². The van der Waals surface area contributed by atoms with E-state index < -0.39 is 0 Å². The summed E-state index contributed by atoms with van der Waals surface area (Å²) in [5, 5.41) is 0. The summed E-state index contributed by atoms with van der Waals surface area (Å²) in [6.45, 7) is 5.04. The number of benzene rings is 1. The van der Waals surface area contributed by atoms with Gasteiger partial charge in [-0.15, -0.1) is 6.58 Å². The number of rotatable bonds is 5. The summed E-state index contributed by atoms with van der Waals surface area (Å²) >= 11 is 0. The summed E-state index contributed by atoms with van der Waals surface area (Å²) in [5.74, 6) is 0.229. The van der Waals surface area contributed by atoms with Crippen molar-refractivity contribution in [2.45, 2.75) is 18.7 Å². The second kappa shape index (κ2) is 6.27. The molecular formula is C16H20NO3P. The van der Waals surface area contributed by atoms with Gasteiger partial charge < -0.3 is 14.2 Å². The Morgan fingerprint density at radius 1 is 1.43 bits per heavy atom. The van der Waals surface area contributed by atoms with Crippen LogP contribution >= 0.6 is 9.47 Å². The monoisotopic (exact) mass is 305 g/mol. The molecule has 2 aliphatic rings. The molecule has 1 amide bonds. The maximum atomic E-state index is 12.8. The second-order valence-corrected chi connectivity index (χ2v) is 5.82. The van der Waals surface area contributed by atoms with Gasteiger partial charge in [-0.3, -0.25) is 4.79 Å². The molecule has 112 valence electrons. The number of fused-ring (bicyclic) bond motifs is 1. The second-order valence-electron chi connectivity index (χ2n) is 5.49. The zero-order valence-corrected chi connectivity index (χ0v) is 13.0. The highest BCUT2D eigenvalue weighted by Crippen LogP contribution is 2.44. The highest BCUT2D eigenvalue weighted by atomic mass is 31.0. The lowest BCUT2D eigenvalue weighted by molar-refractivity contribution is -0.137. The third-order valence-corrected chi connectivity index (χ3v) is 4.65. The lowest BCUT2D eigenvalue weighted by Crippen LogP contribution is -2.32. The van der Waals surface area contributed by atoms with Crippen molar-refractivity contribution < 1.29 is 14.1 Å². The standard InChI is InChI=1S/C16H20NO3P/c1-2-12-13(8-9-20-21)15(18)17-14(12)10-19-16(17)11-6-4-3-5-7-11/h2-7,12-14,16H,1,8-10,21H2/t12-,13-,14+,16+/m1/s1. The van der Waals surface area contributed by atoms with E-state index >= 15 is 0 Å². The van der Waals surface area contributed by atoms with Crippen LogP contribution in [0.3, 0.4) is 0 Å². The van der Waals surface area contributed by atoms with Gasteiger partial charge in [0.1, 0.15) is 0 Å². The lowest BCUT2D eigenvalue weighted by Gasteiger charge is -2.23. The number of hydrogen-bond donors (Lipinski definition) is 0. The molecule has 5 heteroatoms. The Bertz CT molecular complexity index is 522. The Kier molecular flexibility index (Phi) is 4.39. The van der Waals surface area contributed by atoms with Crippen LogP contribution in [0.15, 0.2) is 43.0 Å². The smallest absolute Gasteiger partial charge is 0.229 e.